The molecule has 2 N–H and O–H groups in total. The van der Waals surface area contributed by atoms with Crippen LogP contribution in [0, 0.1) is 0 Å². The van der Waals surface area contributed by atoms with Crippen LogP contribution in [0.15, 0.2) is 18.2 Å². The molecule has 1 atom stereocenters. The number of hydrogen-bond acceptors (Lipinski definition) is 3. The van der Waals surface area contributed by atoms with Gasteiger partial charge < -0.3 is 15.2 Å². The highest BCUT2D eigenvalue weighted by Crippen LogP contribution is 2.48. The Morgan fingerprint density at radius 1 is 1.27 bits per heavy atom. The van der Waals surface area contributed by atoms with Crippen LogP contribution in [0.1, 0.15) is 37.8 Å². The van der Waals surface area contributed by atoms with Crippen molar-refractivity contribution < 1.29 is 9.47 Å². The van der Waals surface area contributed by atoms with E-state index in [-0.39, 0.29) is 11.8 Å². The molecule has 1 aromatic carbocycles. The van der Waals surface area contributed by atoms with Crippen LogP contribution in [0.4, 0.5) is 0 Å². The van der Waals surface area contributed by atoms with Gasteiger partial charge in [0.25, 0.3) is 5.79 Å². The number of ether oxygens (including phenoxy) is 2. The summed E-state index contributed by atoms with van der Waals surface area (Å²) in [5, 5.41) is 0. The molecule has 1 spiro atoms. The first-order valence-corrected chi connectivity index (χ1v) is 5.46. The van der Waals surface area contributed by atoms with E-state index in [9.17, 15) is 0 Å². The second-order valence-corrected chi connectivity index (χ2v) is 4.46. The maximum Gasteiger partial charge on any atom is 0.251 e. The Morgan fingerprint density at radius 2 is 2.00 bits per heavy atom. The van der Waals surface area contributed by atoms with Crippen molar-refractivity contribution in [3.05, 3.63) is 23.8 Å². The summed E-state index contributed by atoms with van der Waals surface area (Å²) in [6.45, 7) is 1.97. The van der Waals surface area contributed by atoms with Crippen LogP contribution in [-0.4, -0.2) is 5.79 Å². The van der Waals surface area contributed by atoms with Crippen LogP contribution in [0.2, 0.25) is 0 Å². The normalized spacial score (nSPS) is 22.5. The van der Waals surface area contributed by atoms with Gasteiger partial charge in [-0.15, -0.1) is 0 Å². The van der Waals surface area contributed by atoms with E-state index < -0.39 is 0 Å². The highest BCUT2D eigenvalue weighted by Gasteiger charge is 2.47. The lowest BCUT2D eigenvalue weighted by Gasteiger charge is -2.35. The van der Waals surface area contributed by atoms with Gasteiger partial charge in [0.2, 0.25) is 0 Å². The zero-order chi connectivity index (χ0) is 10.5. The molecule has 1 aromatic rings. The lowest BCUT2D eigenvalue weighted by Crippen LogP contribution is -2.45. The summed E-state index contributed by atoms with van der Waals surface area (Å²) >= 11 is 0. The van der Waals surface area contributed by atoms with E-state index in [1.54, 1.807) is 0 Å². The second-order valence-electron chi connectivity index (χ2n) is 4.46. The van der Waals surface area contributed by atoms with Crippen molar-refractivity contribution in [2.24, 2.45) is 5.73 Å². The van der Waals surface area contributed by atoms with Crippen LogP contribution < -0.4 is 15.2 Å². The van der Waals surface area contributed by atoms with Crippen molar-refractivity contribution >= 4 is 0 Å². The first-order valence-electron chi connectivity index (χ1n) is 5.46. The number of rotatable bonds is 1. The molecule has 0 saturated heterocycles. The van der Waals surface area contributed by atoms with E-state index in [0.717, 1.165) is 29.9 Å². The number of hydrogen-bond donors (Lipinski definition) is 1. The first kappa shape index (κ1) is 9.04. The van der Waals surface area contributed by atoms with Gasteiger partial charge in [-0.05, 0) is 31.0 Å². The minimum Gasteiger partial charge on any atom is -0.448 e. The van der Waals surface area contributed by atoms with Gasteiger partial charge in [0, 0.05) is 18.9 Å². The average Bonchev–Trinajstić information content (AvgIpc) is 2.54. The van der Waals surface area contributed by atoms with Crippen molar-refractivity contribution in [2.75, 3.05) is 0 Å². The molecule has 0 aromatic heterocycles. The van der Waals surface area contributed by atoms with Gasteiger partial charge >= 0.3 is 0 Å². The SMILES string of the molecule is CC(N)c1ccc2c(c1)OC1(CCC1)O2. The Morgan fingerprint density at radius 3 is 2.60 bits per heavy atom. The van der Waals surface area contributed by atoms with E-state index in [1.165, 1.54) is 6.42 Å². The molecule has 1 aliphatic carbocycles. The number of fused-ring (bicyclic) bond motifs is 1. The Hall–Kier alpha value is -1.22. The second kappa shape index (κ2) is 2.89. The Bertz CT molecular complexity index is 397. The van der Waals surface area contributed by atoms with Crippen LogP contribution in [-0.2, 0) is 0 Å². The molecule has 15 heavy (non-hydrogen) atoms. The molecule has 80 valence electrons. The van der Waals surface area contributed by atoms with Crippen molar-refractivity contribution in [3.63, 3.8) is 0 Å². The molecule has 1 fully saturated rings. The van der Waals surface area contributed by atoms with Gasteiger partial charge in [0.05, 0.1) is 0 Å². The molecular formula is C12H15NO2. The summed E-state index contributed by atoms with van der Waals surface area (Å²) in [7, 11) is 0. The fourth-order valence-corrected chi connectivity index (χ4v) is 2.06. The molecule has 3 heteroatoms. The van der Waals surface area contributed by atoms with Crippen LogP contribution in [0.3, 0.4) is 0 Å². The van der Waals surface area contributed by atoms with Crippen molar-refractivity contribution in [3.8, 4) is 11.5 Å². The van der Waals surface area contributed by atoms with E-state index in [2.05, 4.69) is 0 Å². The van der Waals surface area contributed by atoms with E-state index in [4.69, 9.17) is 15.2 Å². The topological polar surface area (TPSA) is 44.5 Å². The van der Waals surface area contributed by atoms with Crippen molar-refractivity contribution in [2.45, 2.75) is 38.0 Å². The smallest absolute Gasteiger partial charge is 0.251 e. The summed E-state index contributed by atoms with van der Waals surface area (Å²) in [6.07, 6.45) is 3.18. The monoisotopic (exact) mass is 205 g/mol. The highest BCUT2D eigenvalue weighted by atomic mass is 16.7. The van der Waals surface area contributed by atoms with Gasteiger partial charge in [-0.1, -0.05) is 6.07 Å². The summed E-state index contributed by atoms with van der Waals surface area (Å²) < 4.78 is 11.6. The third-order valence-electron chi connectivity index (χ3n) is 3.20. The van der Waals surface area contributed by atoms with E-state index in [0.29, 0.717) is 0 Å². The maximum absolute atomic E-state index is 5.84. The van der Waals surface area contributed by atoms with Gasteiger partial charge in [-0.25, -0.2) is 0 Å². The predicted molar refractivity (Wildman–Crippen MR) is 56.9 cm³/mol. The number of nitrogens with two attached hydrogens (primary N) is 1. The third kappa shape index (κ3) is 1.30. The minimum absolute atomic E-state index is 0.0387. The molecular weight excluding hydrogens is 190 g/mol. The summed E-state index contributed by atoms with van der Waals surface area (Å²) in [6, 6.07) is 6.00. The summed E-state index contributed by atoms with van der Waals surface area (Å²) in [4.78, 5) is 0. The van der Waals surface area contributed by atoms with Crippen LogP contribution in [0.5, 0.6) is 11.5 Å². The quantitative estimate of drug-likeness (QED) is 0.765. The lowest BCUT2D eigenvalue weighted by atomic mass is 9.91. The van der Waals surface area contributed by atoms with Crippen molar-refractivity contribution in [1.29, 1.82) is 0 Å². The van der Waals surface area contributed by atoms with E-state index >= 15 is 0 Å². The maximum atomic E-state index is 5.84. The zero-order valence-electron chi connectivity index (χ0n) is 8.82. The standard InChI is InChI=1S/C12H15NO2/c1-8(13)9-3-4-10-11(7-9)15-12(14-10)5-2-6-12/h3-4,7-8H,2,5-6,13H2,1H3. The molecule has 0 radical (unpaired) electrons. The molecule has 3 nitrogen and oxygen atoms in total. The molecule has 1 unspecified atom stereocenters. The minimum atomic E-state index is -0.335. The van der Waals surface area contributed by atoms with Crippen molar-refractivity contribution in [1.82, 2.24) is 0 Å². The third-order valence-corrected chi connectivity index (χ3v) is 3.20. The van der Waals surface area contributed by atoms with Crippen LogP contribution in [0.25, 0.3) is 0 Å². The fourth-order valence-electron chi connectivity index (χ4n) is 2.06. The summed E-state index contributed by atoms with van der Waals surface area (Å²) in [5.41, 5.74) is 6.92. The van der Waals surface area contributed by atoms with Gasteiger partial charge in [0.1, 0.15) is 0 Å². The molecule has 0 amide bonds. The molecule has 1 saturated carbocycles. The molecule has 3 rings (SSSR count). The zero-order valence-corrected chi connectivity index (χ0v) is 8.82. The Balaban J connectivity index is 1.93. The molecule has 1 aliphatic heterocycles. The lowest BCUT2D eigenvalue weighted by molar-refractivity contribution is -0.138. The van der Waals surface area contributed by atoms with Gasteiger partial charge in [-0.2, -0.15) is 0 Å². The van der Waals surface area contributed by atoms with Gasteiger partial charge in [0.15, 0.2) is 11.5 Å². The van der Waals surface area contributed by atoms with Crippen LogP contribution >= 0.6 is 0 Å². The highest BCUT2D eigenvalue weighted by molar-refractivity contribution is 5.46. The molecule has 1 heterocycles. The number of benzene rings is 1. The molecule has 2 aliphatic rings. The Kier molecular flexibility index (Phi) is 1.74. The van der Waals surface area contributed by atoms with E-state index in [1.807, 2.05) is 25.1 Å². The first-order chi connectivity index (χ1) is 7.19. The largest absolute Gasteiger partial charge is 0.448 e. The average molecular weight is 205 g/mol. The predicted octanol–water partition coefficient (Wildman–Crippen LogP) is 2.36. The van der Waals surface area contributed by atoms with Gasteiger partial charge in [-0.3, -0.25) is 0 Å². The summed E-state index contributed by atoms with van der Waals surface area (Å²) in [5.74, 6) is 1.38. The fraction of sp³-hybridized carbons (Fsp3) is 0.500. The molecule has 0 bridgehead atoms. The Labute approximate surface area is 89.2 Å².